The minimum absolute atomic E-state index is 0.240. The second-order valence-corrected chi connectivity index (χ2v) is 7.55. The predicted octanol–water partition coefficient (Wildman–Crippen LogP) is 4.15. The fraction of sp³-hybridized carbons (Fsp3) is 0.952. The van der Waals surface area contributed by atoms with Gasteiger partial charge in [0.05, 0.1) is 52.7 Å². The molecule has 0 aromatic carbocycles. The summed E-state index contributed by atoms with van der Waals surface area (Å²) < 4.78 is 26.9. The Morgan fingerprint density at radius 3 is 1.59 bits per heavy atom. The largest absolute Gasteiger partial charge is 0.460 e. The van der Waals surface area contributed by atoms with Crippen LogP contribution in [-0.2, 0) is 28.5 Å². The first-order valence-corrected chi connectivity index (χ1v) is 10.5. The average molecular weight is 391 g/mol. The molecule has 0 atom stereocenters. The summed E-state index contributed by atoms with van der Waals surface area (Å²) >= 11 is 0. The molecule has 6 heteroatoms. The summed E-state index contributed by atoms with van der Waals surface area (Å²) in [5.74, 6) is -0.240. The van der Waals surface area contributed by atoms with E-state index >= 15 is 0 Å². The van der Waals surface area contributed by atoms with E-state index in [1.165, 1.54) is 32.1 Å². The molecule has 0 aliphatic carbocycles. The quantitative estimate of drug-likeness (QED) is 0.244. The van der Waals surface area contributed by atoms with Gasteiger partial charge in [-0.2, -0.15) is 0 Å². The van der Waals surface area contributed by atoms with E-state index in [9.17, 15) is 4.79 Å². The summed E-state index contributed by atoms with van der Waals surface area (Å²) in [5.41, 5.74) is -0.445. The standard InChI is InChI=1S/C21H42O6/c1-5-6-7-8-9-10-12-23-14-16-25-18-19-26-17-15-24-13-11-20(22)27-21(2,3)4/h5-19H2,1-4H3. The summed E-state index contributed by atoms with van der Waals surface area (Å²) in [6.45, 7) is 12.3. The zero-order chi connectivity index (χ0) is 20.2. The van der Waals surface area contributed by atoms with Crippen LogP contribution in [0, 0.1) is 0 Å². The molecule has 162 valence electrons. The summed E-state index contributed by atoms with van der Waals surface area (Å²) in [4.78, 5) is 11.5. The highest BCUT2D eigenvalue weighted by atomic mass is 16.6. The maximum absolute atomic E-state index is 11.5. The normalized spacial score (nSPS) is 11.7. The highest BCUT2D eigenvalue weighted by molar-refractivity contribution is 5.69. The zero-order valence-electron chi connectivity index (χ0n) is 18.1. The maximum Gasteiger partial charge on any atom is 0.308 e. The van der Waals surface area contributed by atoms with Crippen LogP contribution >= 0.6 is 0 Å². The molecule has 0 amide bonds. The van der Waals surface area contributed by atoms with Gasteiger partial charge < -0.3 is 23.7 Å². The number of carbonyl (C=O) groups is 1. The topological polar surface area (TPSA) is 63.2 Å². The van der Waals surface area contributed by atoms with Gasteiger partial charge >= 0.3 is 5.97 Å². The highest BCUT2D eigenvalue weighted by Crippen LogP contribution is 2.08. The van der Waals surface area contributed by atoms with Crippen molar-refractivity contribution in [3.8, 4) is 0 Å². The molecule has 0 bridgehead atoms. The Bertz CT molecular complexity index is 327. The van der Waals surface area contributed by atoms with E-state index in [0.717, 1.165) is 13.0 Å². The number of esters is 1. The Kier molecular flexibility index (Phi) is 18.2. The molecule has 0 aliphatic heterocycles. The molecule has 0 rings (SSSR count). The van der Waals surface area contributed by atoms with Gasteiger partial charge in [0, 0.05) is 6.61 Å². The molecule has 27 heavy (non-hydrogen) atoms. The summed E-state index contributed by atoms with van der Waals surface area (Å²) in [7, 11) is 0. The molecule has 0 aromatic rings. The summed E-state index contributed by atoms with van der Waals surface area (Å²) in [6, 6.07) is 0. The van der Waals surface area contributed by atoms with E-state index < -0.39 is 5.60 Å². The Morgan fingerprint density at radius 2 is 1.07 bits per heavy atom. The van der Waals surface area contributed by atoms with Crippen molar-refractivity contribution < 1.29 is 28.5 Å². The van der Waals surface area contributed by atoms with Gasteiger partial charge in [-0.1, -0.05) is 39.0 Å². The van der Waals surface area contributed by atoms with Crippen molar-refractivity contribution in [1.29, 1.82) is 0 Å². The third-order valence-electron chi connectivity index (χ3n) is 3.63. The van der Waals surface area contributed by atoms with E-state index in [4.69, 9.17) is 23.7 Å². The van der Waals surface area contributed by atoms with Crippen molar-refractivity contribution in [2.75, 3.05) is 52.9 Å². The monoisotopic (exact) mass is 390 g/mol. The van der Waals surface area contributed by atoms with Crippen molar-refractivity contribution in [2.45, 2.75) is 78.2 Å². The minimum atomic E-state index is -0.445. The van der Waals surface area contributed by atoms with E-state index in [1.54, 1.807) is 0 Å². The van der Waals surface area contributed by atoms with Gasteiger partial charge in [-0.05, 0) is 27.2 Å². The van der Waals surface area contributed by atoms with Crippen molar-refractivity contribution in [2.24, 2.45) is 0 Å². The van der Waals surface area contributed by atoms with Crippen LogP contribution in [0.5, 0.6) is 0 Å². The summed E-state index contributed by atoms with van der Waals surface area (Å²) in [5, 5.41) is 0. The number of unbranched alkanes of at least 4 members (excludes halogenated alkanes) is 5. The van der Waals surface area contributed by atoms with Gasteiger partial charge in [0.15, 0.2) is 0 Å². The van der Waals surface area contributed by atoms with Crippen LogP contribution in [0.4, 0.5) is 0 Å². The SMILES string of the molecule is CCCCCCCCOCCOCCOCCOCCC(=O)OC(C)(C)C. The van der Waals surface area contributed by atoms with Crippen molar-refractivity contribution in [3.05, 3.63) is 0 Å². The lowest BCUT2D eigenvalue weighted by Crippen LogP contribution is -2.24. The van der Waals surface area contributed by atoms with E-state index in [-0.39, 0.29) is 12.4 Å². The lowest BCUT2D eigenvalue weighted by molar-refractivity contribution is -0.156. The van der Waals surface area contributed by atoms with Crippen molar-refractivity contribution in [1.82, 2.24) is 0 Å². The second kappa shape index (κ2) is 18.7. The van der Waals surface area contributed by atoms with Gasteiger partial charge in [0.2, 0.25) is 0 Å². The molecule has 0 radical (unpaired) electrons. The van der Waals surface area contributed by atoms with Gasteiger partial charge in [0.1, 0.15) is 5.60 Å². The van der Waals surface area contributed by atoms with Crippen LogP contribution < -0.4 is 0 Å². The van der Waals surface area contributed by atoms with E-state index in [2.05, 4.69) is 6.92 Å². The van der Waals surface area contributed by atoms with Crippen LogP contribution in [0.1, 0.15) is 72.6 Å². The molecule has 6 nitrogen and oxygen atoms in total. The molecule has 0 aliphatic rings. The summed E-state index contributed by atoms with van der Waals surface area (Å²) in [6.07, 6.45) is 7.95. The van der Waals surface area contributed by atoms with Gasteiger partial charge in [-0.25, -0.2) is 0 Å². The number of hydrogen-bond acceptors (Lipinski definition) is 6. The molecule has 0 N–H and O–H groups in total. The van der Waals surface area contributed by atoms with Crippen LogP contribution in [0.25, 0.3) is 0 Å². The molecule has 0 saturated carbocycles. The molecule has 0 fully saturated rings. The van der Waals surface area contributed by atoms with Crippen molar-refractivity contribution in [3.63, 3.8) is 0 Å². The Hall–Kier alpha value is -0.690. The smallest absolute Gasteiger partial charge is 0.308 e. The lowest BCUT2D eigenvalue weighted by Gasteiger charge is -2.19. The molecule has 0 saturated heterocycles. The lowest BCUT2D eigenvalue weighted by atomic mass is 10.1. The minimum Gasteiger partial charge on any atom is -0.460 e. The Morgan fingerprint density at radius 1 is 0.630 bits per heavy atom. The van der Waals surface area contributed by atoms with Crippen LogP contribution in [0.2, 0.25) is 0 Å². The average Bonchev–Trinajstić information content (AvgIpc) is 2.59. The first-order valence-electron chi connectivity index (χ1n) is 10.5. The molecular formula is C21H42O6. The van der Waals surface area contributed by atoms with E-state index in [0.29, 0.717) is 46.2 Å². The first-order chi connectivity index (χ1) is 13.0. The fourth-order valence-electron chi connectivity index (χ4n) is 2.29. The van der Waals surface area contributed by atoms with Gasteiger partial charge in [-0.15, -0.1) is 0 Å². The van der Waals surface area contributed by atoms with Crippen molar-refractivity contribution >= 4 is 5.97 Å². The van der Waals surface area contributed by atoms with Crippen LogP contribution in [0.15, 0.2) is 0 Å². The second-order valence-electron chi connectivity index (χ2n) is 7.55. The third-order valence-corrected chi connectivity index (χ3v) is 3.63. The molecule has 0 heterocycles. The molecule has 0 unspecified atom stereocenters. The van der Waals surface area contributed by atoms with Gasteiger partial charge in [0.25, 0.3) is 0 Å². The zero-order valence-corrected chi connectivity index (χ0v) is 18.1. The van der Waals surface area contributed by atoms with Crippen LogP contribution in [0.3, 0.4) is 0 Å². The Balaban J connectivity index is 3.12. The number of hydrogen-bond donors (Lipinski definition) is 0. The molecular weight excluding hydrogens is 348 g/mol. The van der Waals surface area contributed by atoms with E-state index in [1.807, 2.05) is 20.8 Å². The maximum atomic E-state index is 11.5. The number of ether oxygens (including phenoxy) is 5. The predicted molar refractivity (Wildman–Crippen MR) is 107 cm³/mol. The number of carbonyl (C=O) groups excluding carboxylic acids is 1. The number of rotatable bonds is 19. The fourth-order valence-corrected chi connectivity index (χ4v) is 2.29. The highest BCUT2D eigenvalue weighted by Gasteiger charge is 2.15. The van der Waals surface area contributed by atoms with Crippen LogP contribution in [-0.4, -0.2) is 64.4 Å². The first kappa shape index (κ1) is 26.3. The Labute approximate surface area is 166 Å². The third kappa shape index (κ3) is 23.3. The van der Waals surface area contributed by atoms with Gasteiger partial charge in [-0.3, -0.25) is 4.79 Å². The molecule has 0 aromatic heterocycles. The molecule has 0 spiro atoms.